The Hall–Kier alpha value is 1.85. The van der Waals surface area contributed by atoms with Gasteiger partial charge in [-0.25, -0.2) is 8.42 Å². The van der Waals surface area contributed by atoms with Crippen LogP contribution >= 0.6 is 0 Å². The average molecular weight is 348 g/mol. The van der Waals surface area contributed by atoms with E-state index in [0.29, 0.717) is 6.42 Å². The molecule has 0 aromatic heterocycles. The Kier molecular flexibility index (Phi) is 20.8. The minimum Gasteiger partial charge on any atom is -0.747 e. The van der Waals surface area contributed by atoms with E-state index in [4.69, 9.17) is 0 Å². The van der Waals surface area contributed by atoms with Gasteiger partial charge < -0.3 is 24.4 Å². The third kappa shape index (κ3) is 10.3. The van der Waals surface area contributed by atoms with Crippen LogP contribution in [-0.4, -0.2) is 29.7 Å². The molecule has 0 aliphatic carbocycles. The molecule has 0 amide bonds. The molecule has 1 unspecified atom stereocenters. The Bertz CT molecular complexity index is 413. The van der Waals surface area contributed by atoms with Gasteiger partial charge in [-0.2, -0.15) is 0 Å². The van der Waals surface area contributed by atoms with E-state index in [9.17, 15) is 32.8 Å². The maximum Gasteiger partial charge on any atom is 1.00 e. The third-order valence-electron chi connectivity index (χ3n) is 2.71. The van der Waals surface area contributed by atoms with Gasteiger partial charge in [0.15, 0.2) is 0 Å². The molecule has 0 aliphatic rings. The first-order chi connectivity index (χ1) is 8.17. The van der Waals surface area contributed by atoms with Gasteiger partial charge in [0.2, 0.25) is 0 Å². The maximum absolute atomic E-state index is 11.0. The normalized spacial score (nSPS) is 12.9. The molecule has 0 fully saturated rings. The third-order valence-corrected chi connectivity index (χ3v) is 4.19. The first-order valence-corrected chi connectivity index (χ1v) is 6.95. The molecule has 0 heterocycles. The van der Waals surface area contributed by atoms with Crippen LogP contribution in [0.2, 0.25) is 0 Å². The van der Waals surface area contributed by atoms with Crippen LogP contribution in [0.1, 0.15) is 45.4 Å². The molecule has 106 valence electrons. The quantitative estimate of drug-likeness (QED) is 0.229. The minimum absolute atomic E-state index is 0. The molecule has 0 aliphatic heterocycles. The van der Waals surface area contributed by atoms with Crippen molar-refractivity contribution in [3.05, 3.63) is 0 Å². The Balaban J connectivity index is -0.000000482. The zero-order valence-electron chi connectivity index (χ0n) is 13.0. The molecule has 0 N–H and O–H groups in total. The first kappa shape index (κ1) is 30.7. The summed E-state index contributed by atoms with van der Waals surface area (Å²) in [7, 11) is -5.34. The van der Waals surface area contributed by atoms with Crippen LogP contribution < -0.4 is 98.9 Å². The zero-order chi connectivity index (χ0) is 14.4. The van der Waals surface area contributed by atoms with Crippen LogP contribution in [0.3, 0.4) is 0 Å². The van der Waals surface area contributed by atoms with E-state index in [1.54, 1.807) is 0 Å². The van der Waals surface area contributed by atoms with Crippen LogP contribution in [0.15, 0.2) is 0 Å². The summed E-state index contributed by atoms with van der Waals surface area (Å²) in [5.41, 5.74) is 0. The van der Waals surface area contributed by atoms with Gasteiger partial charge in [-0.1, -0.05) is 32.6 Å². The standard InChI is InChI=1S/C10H18O7S.3Na/c1-2-3-4-5-6-10(9(13)14,7-8(11)12)18(15,16)17;;;/h2-7H2,1H3,(H,11,12)(H,13,14)(H,15,16,17);;;/q;3*+1/p-3. The fourth-order valence-corrected chi connectivity index (χ4v) is 2.54. The Labute approximate surface area is 191 Å². The molecular weight excluding hydrogens is 333 g/mol. The number of rotatable bonds is 9. The number of hydrogen-bond acceptors (Lipinski definition) is 7. The SMILES string of the molecule is CCCCCCC(CC(=O)[O-])(C(=O)[O-])S(=O)(=O)[O-].[Na+].[Na+].[Na+]. The summed E-state index contributed by atoms with van der Waals surface area (Å²) in [6, 6.07) is 0. The number of aliphatic carboxylic acids is 2. The largest absolute Gasteiger partial charge is 1.00 e. The first-order valence-electron chi connectivity index (χ1n) is 5.54. The van der Waals surface area contributed by atoms with Gasteiger partial charge >= 0.3 is 88.7 Å². The van der Waals surface area contributed by atoms with Crippen LogP contribution in [0.4, 0.5) is 0 Å². The molecule has 0 rings (SSSR count). The fourth-order valence-electron chi connectivity index (χ4n) is 1.65. The Morgan fingerprint density at radius 1 is 1.00 bits per heavy atom. The van der Waals surface area contributed by atoms with Crippen molar-refractivity contribution in [1.82, 2.24) is 0 Å². The van der Waals surface area contributed by atoms with Crippen molar-refractivity contribution in [3.8, 4) is 0 Å². The second-order valence-electron chi connectivity index (χ2n) is 4.10. The Morgan fingerprint density at radius 3 is 1.76 bits per heavy atom. The number of hydrogen-bond donors (Lipinski definition) is 0. The maximum atomic E-state index is 11.0. The van der Waals surface area contributed by atoms with Crippen LogP contribution in [0.25, 0.3) is 0 Å². The molecule has 11 heteroatoms. The van der Waals surface area contributed by atoms with Crippen molar-refractivity contribution in [1.29, 1.82) is 0 Å². The van der Waals surface area contributed by atoms with Gasteiger partial charge in [-0.15, -0.1) is 0 Å². The molecule has 0 aromatic rings. The van der Waals surface area contributed by atoms with E-state index in [1.165, 1.54) is 0 Å². The van der Waals surface area contributed by atoms with E-state index in [1.807, 2.05) is 6.92 Å². The second-order valence-corrected chi connectivity index (χ2v) is 5.79. The van der Waals surface area contributed by atoms with Gasteiger partial charge in [0.25, 0.3) is 0 Å². The second kappa shape index (κ2) is 14.2. The summed E-state index contributed by atoms with van der Waals surface area (Å²) in [6.45, 7) is 1.89. The molecule has 1 atom stereocenters. The van der Waals surface area contributed by atoms with E-state index in [2.05, 4.69) is 0 Å². The number of unbranched alkanes of at least 4 members (excludes halogenated alkanes) is 3. The number of carboxylic acids is 2. The van der Waals surface area contributed by atoms with E-state index in [-0.39, 0.29) is 95.1 Å². The minimum atomic E-state index is -5.34. The number of carbonyl (C=O) groups is 2. The molecule has 0 radical (unpaired) electrons. The molecule has 21 heavy (non-hydrogen) atoms. The van der Waals surface area contributed by atoms with Crippen LogP contribution in [0, 0.1) is 0 Å². The predicted octanol–water partition coefficient (Wildman–Crippen LogP) is -10.9. The van der Waals surface area contributed by atoms with Gasteiger partial charge in [0.05, 0.1) is 5.97 Å². The number of carboxylic acid groups (broad SMARTS) is 2. The Morgan fingerprint density at radius 2 is 1.48 bits per heavy atom. The van der Waals surface area contributed by atoms with Gasteiger partial charge in [-0.05, 0) is 6.42 Å². The molecule has 0 aromatic carbocycles. The van der Waals surface area contributed by atoms with E-state index in [0.717, 1.165) is 12.8 Å². The van der Waals surface area contributed by atoms with E-state index >= 15 is 0 Å². The van der Waals surface area contributed by atoms with Crippen molar-refractivity contribution in [2.75, 3.05) is 0 Å². The summed E-state index contributed by atoms with van der Waals surface area (Å²) in [6.07, 6.45) is 0.226. The summed E-state index contributed by atoms with van der Waals surface area (Å²) in [5.74, 6) is -4.09. The molecule has 0 bridgehead atoms. The topological polar surface area (TPSA) is 137 Å². The smallest absolute Gasteiger partial charge is 0.747 e. The fraction of sp³-hybridized carbons (Fsp3) is 0.800. The average Bonchev–Trinajstić information content (AvgIpc) is 2.19. The van der Waals surface area contributed by atoms with Crippen LogP contribution in [-0.2, 0) is 19.7 Å². The molecular formula is C10H15Na3O7S. The molecule has 7 nitrogen and oxygen atoms in total. The molecule has 0 saturated heterocycles. The number of carbonyl (C=O) groups excluding carboxylic acids is 2. The van der Waals surface area contributed by atoms with Crippen molar-refractivity contribution in [3.63, 3.8) is 0 Å². The summed E-state index contributed by atoms with van der Waals surface area (Å²) in [4.78, 5) is 21.3. The summed E-state index contributed by atoms with van der Waals surface area (Å²) in [5, 5.41) is 21.3. The van der Waals surface area contributed by atoms with Gasteiger partial charge in [-0.3, -0.25) is 0 Å². The molecule has 0 saturated carbocycles. The van der Waals surface area contributed by atoms with Crippen molar-refractivity contribution >= 4 is 22.1 Å². The summed E-state index contributed by atoms with van der Waals surface area (Å²) < 4.78 is 30.1. The van der Waals surface area contributed by atoms with Crippen LogP contribution in [0.5, 0.6) is 0 Å². The predicted molar refractivity (Wildman–Crippen MR) is 55.8 cm³/mol. The monoisotopic (exact) mass is 348 g/mol. The van der Waals surface area contributed by atoms with Crippen molar-refractivity contribution in [2.45, 2.75) is 50.2 Å². The van der Waals surface area contributed by atoms with Crippen molar-refractivity contribution < 1.29 is 121 Å². The zero-order valence-corrected chi connectivity index (χ0v) is 19.8. The van der Waals surface area contributed by atoms with E-state index < -0.39 is 39.6 Å². The summed E-state index contributed by atoms with van der Waals surface area (Å²) >= 11 is 0. The van der Waals surface area contributed by atoms with Crippen molar-refractivity contribution in [2.24, 2.45) is 0 Å². The van der Waals surface area contributed by atoms with Gasteiger partial charge in [0, 0.05) is 12.4 Å². The molecule has 0 spiro atoms. The van der Waals surface area contributed by atoms with Gasteiger partial charge in [0.1, 0.15) is 14.9 Å².